The van der Waals surface area contributed by atoms with Crippen LogP contribution in [-0.2, 0) is 0 Å². The average Bonchev–Trinajstić information content (AvgIpc) is 2.36. The number of nitrogens with two attached hydrogens (primary N) is 1. The van der Waals surface area contributed by atoms with Crippen molar-refractivity contribution in [1.82, 2.24) is 0 Å². The number of nitrogen functional groups attached to an aromatic ring is 1. The van der Waals surface area contributed by atoms with Gasteiger partial charge in [-0.3, -0.25) is 4.79 Å². The number of rotatable bonds is 2. The first-order valence-corrected chi connectivity index (χ1v) is 7.29. The van der Waals surface area contributed by atoms with Gasteiger partial charge in [-0.15, -0.1) is 0 Å². The van der Waals surface area contributed by atoms with Gasteiger partial charge in [0.1, 0.15) is 5.82 Å². The molecule has 20 heavy (non-hydrogen) atoms. The zero-order chi connectivity index (χ0) is 14.9. The highest BCUT2D eigenvalue weighted by atomic mass is 79.9. The Morgan fingerprint density at radius 1 is 1.20 bits per heavy atom. The summed E-state index contributed by atoms with van der Waals surface area (Å²) in [6, 6.07) is 7.71. The first-order valence-electron chi connectivity index (χ1n) is 5.70. The molecule has 0 fully saturated rings. The van der Waals surface area contributed by atoms with Crippen LogP contribution in [0, 0.1) is 12.7 Å². The third-order valence-electron chi connectivity index (χ3n) is 2.74. The first-order chi connectivity index (χ1) is 9.38. The van der Waals surface area contributed by atoms with Crippen molar-refractivity contribution in [2.45, 2.75) is 6.92 Å². The van der Waals surface area contributed by atoms with Gasteiger partial charge in [-0.2, -0.15) is 0 Å². The number of nitrogens with one attached hydrogen (secondary N) is 1. The molecule has 1 amide bonds. The number of amides is 1. The monoisotopic (exact) mass is 400 g/mol. The molecule has 0 aliphatic carbocycles. The maximum atomic E-state index is 13.5. The molecule has 0 atom stereocenters. The van der Waals surface area contributed by atoms with Gasteiger partial charge in [-0.25, -0.2) is 4.39 Å². The van der Waals surface area contributed by atoms with Crippen LogP contribution in [0.3, 0.4) is 0 Å². The van der Waals surface area contributed by atoms with E-state index in [4.69, 9.17) is 5.73 Å². The molecule has 0 heterocycles. The third kappa shape index (κ3) is 3.19. The van der Waals surface area contributed by atoms with Gasteiger partial charge in [-0.05, 0) is 68.6 Å². The van der Waals surface area contributed by atoms with E-state index >= 15 is 0 Å². The number of benzene rings is 2. The van der Waals surface area contributed by atoms with Crippen LogP contribution in [0.15, 0.2) is 39.3 Å². The van der Waals surface area contributed by atoms with E-state index in [9.17, 15) is 9.18 Å². The summed E-state index contributed by atoms with van der Waals surface area (Å²) in [5.74, 6) is -0.803. The molecule has 2 aromatic carbocycles. The van der Waals surface area contributed by atoms with E-state index in [1.54, 1.807) is 31.2 Å². The summed E-state index contributed by atoms with van der Waals surface area (Å²) >= 11 is 6.65. The van der Waals surface area contributed by atoms with Crippen molar-refractivity contribution in [1.29, 1.82) is 0 Å². The second kappa shape index (κ2) is 5.93. The van der Waals surface area contributed by atoms with Crippen LogP contribution in [0.25, 0.3) is 0 Å². The number of carbonyl (C=O) groups excluding carboxylic acids is 1. The normalized spacial score (nSPS) is 10.4. The van der Waals surface area contributed by atoms with Gasteiger partial charge in [0.2, 0.25) is 0 Å². The smallest absolute Gasteiger partial charge is 0.255 e. The minimum Gasteiger partial charge on any atom is -0.399 e. The standard InChI is InChI=1S/C14H11Br2FN2O/c1-7-2-3-8(4-12(7)17)14(20)19-13-10(15)5-9(18)6-11(13)16/h2-6H,18H2,1H3,(H,19,20). The Bertz CT molecular complexity index is 666. The van der Waals surface area contributed by atoms with Crippen LogP contribution in [0.2, 0.25) is 0 Å². The molecule has 0 unspecified atom stereocenters. The Labute approximate surface area is 132 Å². The molecule has 3 N–H and O–H groups in total. The summed E-state index contributed by atoms with van der Waals surface area (Å²) in [7, 11) is 0. The number of aryl methyl sites for hydroxylation is 1. The molecule has 3 nitrogen and oxygen atoms in total. The van der Waals surface area contributed by atoms with E-state index in [1.165, 1.54) is 6.07 Å². The molecule has 0 aliphatic rings. The second-order valence-corrected chi connectivity index (χ2v) is 5.99. The van der Waals surface area contributed by atoms with E-state index in [1.807, 2.05) is 0 Å². The van der Waals surface area contributed by atoms with Crippen LogP contribution in [0.5, 0.6) is 0 Å². The second-order valence-electron chi connectivity index (χ2n) is 4.28. The molecule has 0 bridgehead atoms. The highest BCUT2D eigenvalue weighted by molar-refractivity contribution is 9.11. The Kier molecular flexibility index (Phi) is 4.45. The van der Waals surface area contributed by atoms with Crippen LogP contribution < -0.4 is 11.1 Å². The van der Waals surface area contributed by atoms with Crippen LogP contribution in [0.4, 0.5) is 15.8 Å². The minimum atomic E-state index is -0.409. The Hall–Kier alpha value is -1.40. The van der Waals surface area contributed by atoms with Gasteiger partial charge in [-0.1, -0.05) is 6.07 Å². The molecule has 104 valence electrons. The molecular formula is C14H11Br2FN2O. The van der Waals surface area contributed by atoms with Crippen molar-refractivity contribution in [2.75, 3.05) is 11.1 Å². The van der Waals surface area contributed by atoms with Crippen LogP contribution >= 0.6 is 31.9 Å². The van der Waals surface area contributed by atoms with Gasteiger partial charge in [0, 0.05) is 20.2 Å². The third-order valence-corrected chi connectivity index (χ3v) is 3.99. The molecule has 0 radical (unpaired) electrons. The minimum absolute atomic E-state index is 0.253. The highest BCUT2D eigenvalue weighted by Crippen LogP contribution is 2.33. The zero-order valence-corrected chi connectivity index (χ0v) is 13.7. The van der Waals surface area contributed by atoms with Crippen molar-refractivity contribution in [3.05, 3.63) is 56.2 Å². The number of anilines is 2. The number of halogens is 3. The first kappa shape index (κ1) is 15.0. The summed E-state index contributed by atoms with van der Waals surface area (Å²) in [5, 5.41) is 2.71. The molecule has 2 aromatic rings. The van der Waals surface area contributed by atoms with E-state index in [2.05, 4.69) is 37.2 Å². The van der Waals surface area contributed by atoms with E-state index < -0.39 is 11.7 Å². The number of carbonyl (C=O) groups is 1. The predicted molar refractivity (Wildman–Crippen MR) is 85.3 cm³/mol. The molecule has 0 aromatic heterocycles. The fourth-order valence-corrected chi connectivity index (χ4v) is 3.05. The van der Waals surface area contributed by atoms with Crippen LogP contribution in [0.1, 0.15) is 15.9 Å². The highest BCUT2D eigenvalue weighted by Gasteiger charge is 2.13. The number of hydrogen-bond acceptors (Lipinski definition) is 2. The lowest BCUT2D eigenvalue weighted by atomic mass is 10.1. The fraction of sp³-hybridized carbons (Fsp3) is 0.0714. The Morgan fingerprint density at radius 3 is 2.35 bits per heavy atom. The van der Waals surface area contributed by atoms with E-state index in [0.29, 0.717) is 25.9 Å². The summed E-state index contributed by atoms with van der Waals surface area (Å²) in [6.07, 6.45) is 0. The average molecular weight is 402 g/mol. The summed E-state index contributed by atoms with van der Waals surface area (Å²) in [5.41, 5.74) is 7.54. The lowest BCUT2D eigenvalue weighted by Gasteiger charge is -2.11. The van der Waals surface area contributed by atoms with Crippen LogP contribution in [-0.4, -0.2) is 5.91 Å². The lowest BCUT2D eigenvalue weighted by Crippen LogP contribution is -2.13. The largest absolute Gasteiger partial charge is 0.399 e. The van der Waals surface area contributed by atoms with Crippen molar-refractivity contribution >= 4 is 49.1 Å². The maximum absolute atomic E-state index is 13.5. The van der Waals surface area contributed by atoms with Crippen molar-refractivity contribution < 1.29 is 9.18 Å². The zero-order valence-electron chi connectivity index (χ0n) is 10.5. The molecule has 2 rings (SSSR count). The van der Waals surface area contributed by atoms with Crippen molar-refractivity contribution in [2.24, 2.45) is 0 Å². The van der Waals surface area contributed by atoms with Crippen molar-refractivity contribution in [3.63, 3.8) is 0 Å². The Balaban J connectivity index is 2.30. The van der Waals surface area contributed by atoms with E-state index in [0.717, 1.165) is 0 Å². The quantitative estimate of drug-likeness (QED) is 0.728. The number of hydrogen-bond donors (Lipinski definition) is 2. The predicted octanol–water partition coefficient (Wildman–Crippen LogP) is 4.49. The van der Waals surface area contributed by atoms with Gasteiger partial charge < -0.3 is 11.1 Å². The SMILES string of the molecule is Cc1ccc(C(=O)Nc2c(Br)cc(N)cc2Br)cc1F. The molecule has 6 heteroatoms. The Morgan fingerprint density at radius 2 is 1.80 bits per heavy atom. The lowest BCUT2D eigenvalue weighted by molar-refractivity contribution is 0.102. The maximum Gasteiger partial charge on any atom is 0.255 e. The molecular weight excluding hydrogens is 391 g/mol. The van der Waals surface area contributed by atoms with Gasteiger partial charge in [0.05, 0.1) is 5.69 Å². The fourth-order valence-electron chi connectivity index (χ4n) is 1.63. The van der Waals surface area contributed by atoms with Gasteiger partial charge >= 0.3 is 0 Å². The van der Waals surface area contributed by atoms with E-state index in [-0.39, 0.29) is 5.56 Å². The van der Waals surface area contributed by atoms with Crippen molar-refractivity contribution in [3.8, 4) is 0 Å². The summed E-state index contributed by atoms with van der Waals surface area (Å²) in [6.45, 7) is 1.64. The summed E-state index contributed by atoms with van der Waals surface area (Å²) < 4.78 is 14.8. The van der Waals surface area contributed by atoms with Gasteiger partial charge in [0.15, 0.2) is 0 Å². The molecule has 0 aliphatic heterocycles. The molecule has 0 saturated heterocycles. The van der Waals surface area contributed by atoms with Gasteiger partial charge in [0.25, 0.3) is 5.91 Å². The topological polar surface area (TPSA) is 55.1 Å². The molecule has 0 saturated carbocycles. The molecule has 0 spiro atoms. The summed E-state index contributed by atoms with van der Waals surface area (Å²) in [4.78, 5) is 12.1.